The summed E-state index contributed by atoms with van der Waals surface area (Å²) in [6.45, 7) is 6.94. The van der Waals surface area contributed by atoms with Gasteiger partial charge in [-0.05, 0) is 35.3 Å². The minimum atomic E-state index is 0.102. The van der Waals surface area contributed by atoms with Gasteiger partial charge in [-0.15, -0.1) is 0 Å². The van der Waals surface area contributed by atoms with Crippen LogP contribution in [-0.4, -0.2) is 41.2 Å². The number of aryl methyl sites for hydroxylation is 1. The van der Waals surface area contributed by atoms with Crippen molar-refractivity contribution in [2.75, 3.05) is 19.8 Å². The van der Waals surface area contributed by atoms with Gasteiger partial charge in [0.05, 0.1) is 19.3 Å². The summed E-state index contributed by atoms with van der Waals surface area (Å²) < 4.78 is 8.35. The lowest BCUT2D eigenvalue weighted by Crippen LogP contribution is -2.47. The molecule has 1 fully saturated rings. The summed E-state index contributed by atoms with van der Waals surface area (Å²) in [5, 5.41) is 0. The molecule has 0 spiro atoms. The van der Waals surface area contributed by atoms with Crippen LogP contribution < -0.4 is 0 Å². The summed E-state index contributed by atoms with van der Waals surface area (Å²) >= 11 is 3.44. The first kappa shape index (κ1) is 13.6. The van der Waals surface area contributed by atoms with Gasteiger partial charge in [-0.3, -0.25) is 4.79 Å². The third kappa shape index (κ3) is 2.78. The largest absolute Gasteiger partial charge is 0.377 e. The van der Waals surface area contributed by atoms with Crippen molar-refractivity contribution in [2.45, 2.75) is 32.9 Å². The maximum absolute atomic E-state index is 12.5. The van der Waals surface area contributed by atoms with Crippen molar-refractivity contribution in [1.29, 1.82) is 0 Å². The third-order valence-electron chi connectivity index (χ3n) is 3.18. The number of carbonyl (C=O) groups excluding carboxylic acids is 1. The molecule has 5 heteroatoms. The highest BCUT2D eigenvalue weighted by Crippen LogP contribution is 2.19. The normalized spacial score (nSPS) is 20.2. The van der Waals surface area contributed by atoms with Crippen molar-refractivity contribution in [3.8, 4) is 0 Å². The molecule has 0 aliphatic carbocycles. The average Bonchev–Trinajstić information content (AvgIpc) is 2.71. The average molecular weight is 315 g/mol. The standard InChI is InChI=1S/C13H19BrN2O2/c1-3-4-15-8-11(14)7-12(15)13(17)16-5-6-18-9-10(16)2/h7-8,10H,3-6,9H2,1-2H3/t10-/m1/s1. The maximum Gasteiger partial charge on any atom is 0.270 e. The molecule has 2 heterocycles. The van der Waals surface area contributed by atoms with Gasteiger partial charge < -0.3 is 14.2 Å². The van der Waals surface area contributed by atoms with Crippen LogP contribution in [0.1, 0.15) is 30.8 Å². The Balaban J connectivity index is 2.21. The number of aromatic nitrogens is 1. The SMILES string of the molecule is CCCn1cc(Br)cc1C(=O)N1CCOC[C@H]1C. The Hall–Kier alpha value is -0.810. The fourth-order valence-electron chi connectivity index (χ4n) is 2.26. The van der Waals surface area contributed by atoms with E-state index in [4.69, 9.17) is 4.74 Å². The molecule has 0 N–H and O–H groups in total. The number of ether oxygens (including phenoxy) is 1. The number of rotatable bonds is 3. The van der Waals surface area contributed by atoms with Gasteiger partial charge >= 0.3 is 0 Å². The molecule has 0 saturated carbocycles. The zero-order valence-corrected chi connectivity index (χ0v) is 12.4. The van der Waals surface area contributed by atoms with Gasteiger partial charge in [0.25, 0.3) is 5.91 Å². The molecule has 1 aliphatic heterocycles. The van der Waals surface area contributed by atoms with Gasteiger partial charge in [0.1, 0.15) is 5.69 Å². The van der Waals surface area contributed by atoms with Crippen LogP contribution in [0.2, 0.25) is 0 Å². The van der Waals surface area contributed by atoms with Crippen molar-refractivity contribution in [1.82, 2.24) is 9.47 Å². The first-order valence-corrected chi connectivity index (χ1v) is 7.17. The van der Waals surface area contributed by atoms with Gasteiger partial charge in [-0.2, -0.15) is 0 Å². The lowest BCUT2D eigenvalue weighted by atomic mass is 10.2. The Morgan fingerprint density at radius 1 is 1.61 bits per heavy atom. The Kier molecular flexibility index (Phi) is 4.45. The van der Waals surface area contributed by atoms with Crippen LogP contribution in [0.5, 0.6) is 0 Å². The fraction of sp³-hybridized carbons (Fsp3) is 0.615. The number of morpholine rings is 1. The monoisotopic (exact) mass is 314 g/mol. The zero-order valence-electron chi connectivity index (χ0n) is 10.9. The molecule has 100 valence electrons. The molecule has 4 nitrogen and oxygen atoms in total. The minimum Gasteiger partial charge on any atom is -0.377 e. The Morgan fingerprint density at radius 3 is 3.06 bits per heavy atom. The van der Waals surface area contributed by atoms with Gasteiger partial charge in [-0.1, -0.05) is 6.92 Å². The van der Waals surface area contributed by atoms with Crippen LogP contribution in [0.4, 0.5) is 0 Å². The summed E-state index contributed by atoms with van der Waals surface area (Å²) in [6, 6.07) is 2.05. The van der Waals surface area contributed by atoms with E-state index in [0.29, 0.717) is 19.8 Å². The van der Waals surface area contributed by atoms with E-state index in [9.17, 15) is 4.79 Å². The Bertz CT molecular complexity index is 431. The van der Waals surface area contributed by atoms with Crippen molar-refractivity contribution in [3.63, 3.8) is 0 Å². The first-order valence-electron chi connectivity index (χ1n) is 6.38. The Morgan fingerprint density at radius 2 is 2.39 bits per heavy atom. The molecule has 0 bridgehead atoms. The summed E-state index contributed by atoms with van der Waals surface area (Å²) in [7, 11) is 0. The second kappa shape index (κ2) is 5.89. The maximum atomic E-state index is 12.5. The van der Waals surface area contributed by atoms with E-state index in [-0.39, 0.29) is 11.9 Å². The topological polar surface area (TPSA) is 34.5 Å². The number of amides is 1. The summed E-state index contributed by atoms with van der Waals surface area (Å²) in [5.74, 6) is 0.102. The summed E-state index contributed by atoms with van der Waals surface area (Å²) in [6.07, 6.45) is 2.99. The lowest BCUT2D eigenvalue weighted by Gasteiger charge is -2.33. The fourth-order valence-corrected chi connectivity index (χ4v) is 2.72. The number of carbonyl (C=O) groups is 1. The Labute approximate surface area is 116 Å². The molecular formula is C13H19BrN2O2. The van der Waals surface area contributed by atoms with Crippen LogP contribution in [-0.2, 0) is 11.3 Å². The van der Waals surface area contributed by atoms with E-state index in [0.717, 1.165) is 23.1 Å². The van der Waals surface area contributed by atoms with Crippen molar-refractivity contribution < 1.29 is 9.53 Å². The van der Waals surface area contributed by atoms with Gasteiger partial charge in [0, 0.05) is 23.8 Å². The molecule has 1 atom stereocenters. The van der Waals surface area contributed by atoms with Crippen LogP contribution in [0.3, 0.4) is 0 Å². The molecule has 18 heavy (non-hydrogen) atoms. The molecular weight excluding hydrogens is 296 g/mol. The third-order valence-corrected chi connectivity index (χ3v) is 3.61. The van der Waals surface area contributed by atoms with Crippen molar-refractivity contribution >= 4 is 21.8 Å². The van der Waals surface area contributed by atoms with E-state index in [1.54, 1.807) is 0 Å². The van der Waals surface area contributed by atoms with E-state index in [2.05, 4.69) is 22.9 Å². The highest BCUT2D eigenvalue weighted by atomic mass is 79.9. The van der Waals surface area contributed by atoms with E-state index >= 15 is 0 Å². The predicted octanol–water partition coefficient (Wildman–Crippen LogP) is 2.52. The van der Waals surface area contributed by atoms with Gasteiger partial charge in [0.2, 0.25) is 0 Å². The molecule has 2 rings (SSSR count). The first-order chi connectivity index (χ1) is 8.63. The van der Waals surface area contributed by atoms with E-state index < -0.39 is 0 Å². The molecule has 0 radical (unpaired) electrons. The summed E-state index contributed by atoms with van der Waals surface area (Å²) in [4.78, 5) is 14.4. The van der Waals surface area contributed by atoms with Crippen LogP contribution in [0.25, 0.3) is 0 Å². The number of hydrogen-bond donors (Lipinski definition) is 0. The van der Waals surface area contributed by atoms with E-state index in [1.165, 1.54) is 0 Å². The molecule has 1 amide bonds. The molecule has 0 aromatic carbocycles. The quantitative estimate of drug-likeness (QED) is 0.859. The van der Waals surface area contributed by atoms with Crippen LogP contribution >= 0.6 is 15.9 Å². The molecule has 1 saturated heterocycles. The second-order valence-electron chi connectivity index (χ2n) is 4.66. The number of nitrogens with zero attached hydrogens (tertiary/aromatic N) is 2. The second-order valence-corrected chi connectivity index (χ2v) is 5.58. The molecule has 1 aromatic heterocycles. The zero-order chi connectivity index (χ0) is 13.1. The van der Waals surface area contributed by atoms with Crippen LogP contribution in [0, 0.1) is 0 Å². The van der Waals surface area contributed by atoms with E-state index in [1.807, 2.05) is 28.7 Å². The number of halogens is 1. The summed E-state index contributed by atoms with van der Waals surface area (Å²) in [5.41, 5.74) is 0.762. The molecule has 0 unspecified atom stereocenters. The molecule has 1 aliphatic rings. The highest BCUT2D eigenvalue weighted by molar-refractivity contribution is 9.10. The smallest absolute Gasteiger partial charge is 0.270 e. The van der Waals surface area contributed by atoms with Crippen molar-refractivity contribution in [2.24, 2.45) is 0 Å². The highest BCUT2D eigenvalue weighted by Gasteiger charge is 2.26. The van der Waals surface area contributed by atoms with Crippen molar-refractivity contribution in [3.05, 3.63) is 22.4 Å². The number of hydrogen-bond acceptors (Lipinski definition) is 2. The van der Waals surface area contributed by atoms with Gasteiger partial charge in [-0.25, -0.2) is 0 Å². The lowest BCUT2D eigenvalue weighted by molar-refractivity contribution is 0.00301. The van der Waals surface area contributed by atoms with Gasteiger partial charge in [0.15, 0.2) is 0 Å². The van der Waals surface area contributed by atoms with Crippen LogP contribution in [0.15, 0.2) is 16.7 Å². The molecule has 1 aromatic rings. The minimum absolute atomic E-state index is 0.102. The predicted molar refractivity (Wildman–Crippen MR) is 73.7 cm³/mol.